The van der Waals surface area contributed by atoms with Crippen LogP contribution in [0.5, 0.6) is 0 Å². The maximum absolute atomic E-state index is 5.50. The highest BCUT2D eigenvalue weighted by Crippen LogP contribution is 2.02. The molecule has 0 bridgehead atoms. The Morgan fingerprint density at radius 1 is 1.78 bits per heavy atom. The van der Waals surface area contributed by atoms with Crippen LogP contribution in [-0.2, 0) is 6.54 Å². The van der Waals surface area contributed by atoms with Crippen LogP contribution in [0.25, 0.3) is 0 Å². The fraction of sp³-hybridized carbons (Fsp3) is 0.400. The van der Waals surface area contributed by atoms with Gasteiger partial charge in [-0.3, -0.25) is 0 Å². The van der Waals surface area contributed by atoms with Crippen molar-refractivity contribution in [3.8, 4) is 0 Å². The number of rotatable bonds is 2. The quantitative estimate of drug-likeness (QED) is 0.499. The smallest absolute Gasteiger partial charge is 0.161 e. The van der Waals surface area contributed by atoms with E-state index in [2.05, 4.69) is 0 Å². The zero-order valence-corrected chi connectivity index (χ0v) is 7.10. The van der Waals surface area contributed by atoms with Crippen molar-refractivity contribution in [3.05, 3.63) is 15.5 Å². The molecule has 0 radical (unpaired) electrons. The van der Waals surface area contributed by atoms with Gasteiger partial charge in [0, 0.05) is 24.0 Å². The first kappa shape index (κ1) is 7.25. The highest BCUT2D eigenvalue weighted by Gasteiger charge is 1.88. The predicted molar refractivity (Wildman–Crippen MR) is 43.9 cm³/mol. The first-order valence-corrected chi connectivity index (χ1v) is 4.37. The second-order valence-corrected chi connectivity index (χ2v) is 3.47. The minimum Gasteiger partial charge on any atom is -0.329 e. The lowest BCUT2D eigenvalue weighted by atomic mass is 10.7. The van der Waals surface area contributed by atoms with Gasteiger partial charge in [-0.2, -0.15) is 0 Å². The van der Waals surface area contributed by atoms with E-state index in [1.165, 1.54) is 0 Å². The van der Waals surface area contributed by atoms with E-state index < -0.39 is 0 Å². The molecule has 0 N–H and O–H groups in total. The van der Waals surface area contributed by atoms with Gasteiger partial charge in [0.05, 0.1) is 0 Å². The van der Waals surface area contributed by atoms with Crippen molar-refractivity contribution in [1.82, 2.24) is 4.57 Å². The number of aromatic nitrogens is 1. The van der Waals surface area contributed by atoms with E-state index in [9.17, 15) is 0 Å². The molecule has 9 heavy (non-hydrogen) atoms. The normalized spacial score (nSPS) is 9.89. The lowest BCUT2D eigenvalue weighted by molar-refractivity contribution is 0.770. The SMILES string of the molecule is S=c1sccn1CCCl. The maximum atomic E-state index is 5.50. The third-order valence-corrected chi connectivity index (χ3v) is 2.36. The van der Waals surface area contributed by atoms with E-state index >= 15 is 0 Å². The molecule has 0 aliphatic carbocycles. The van der Waals surface area contributed by atoms with Gasteiger partial charge in [-0.15, -0.1) is 22.9 Å². The number of nitrogens with zero attached hydrogens (tertiary/aromatic N) is 1. The second kappa shape index (κ2) is 3.34. The molecule has 0 aromatic carbocycles. The lowest BCUT2D eigenvalue weighted by Crippen LogP contribution is -1.95. The summed E-state index contributed by atoms with van der Waals surface area (Å²) in [4.78, 5) is 0. The number of hydrogen-bond acceptors (Lipinski definition) is 2. The average molecular weight is 180 g/mol. The molecule has 0 fully saturated rings. The molecule has 0 amide bonds. The molecule has 1 heterocycles. The van der Waals surface area contributed by atoms with Crippen molar-refractivity contribution in [2.24, 2.45) is 0 Å². The van der Waals surface area contributed by atoms with Crippen molar-refractivity contribution >= 4 is 35.2 Å². The van der Waals surface area contributed by atoms with E-state index in [-0.39, 0.29) is 0 Å². The average Bonchev–Trinajstić information content (AvgIpc) is 2.18. The molecular formula is C5H6ClNS2. The van der Waals surface area contributed by atoms with E-state index in [1.807, 2.05) is 16.1 Å². The van der Waals surface area contributed by atoms with Crippen molar-refractivity contribution in [1.29, 1.82) is 0 Å². The summed E-state index contributed by atoms with van der Waals surface area (Å²) >= 11 is 12.0. The van der Waals surface area contributed by atoms with Crippen LogP contribution < -0.4 is 0 Å². The van der Waals surface area contributed by atoms with Gasteiger partial charge in [0.2, 0.25) is 0 Å². The first-order valence-electron chi connectivity index (χ1n) is 2.54. The zero-order valence-electron chi connectivity index (χ0n) is 4.71. The minimum atomic E-state index is 0.630. The third kappa shape index (κ3) is 1.78. The Kier molecular flexibility index (Phi) is 2.69. The van der Waals surface area contributed by atoms with Crippen molar-refractivity contribution in [2.75, 3.05) is 5.88 Å². The Balaban J connectivity index is 2.81. The van der Waals surface area contributed by atoms with Crippen LogP contribution in [0.2, 0.25) is 0 Å². The Hall–Kier alpha value is 0.140. The largest absolute Gasteiger partial charge is 0.329 e. The van der Waals surface area contributed by atoms with Crippen molar-refractivity contribution < 1.29 is 0 Å². The van der Waals surface area contributed by atoms with Gasteiger partial charge < -0.3 is 4.57 Å². The molecule has 50 valence electrons. The Morgan fingerprint density at radius 3 is 3.00 bits per heavy atom. The predicted octanol–water partition coefficient (Wildman–Crippen LogP) is 2.52. The Labute approximate surface area is 67.9 Å². The summed E-state index contributed by atoms with van der Waals surface area (Å²) < 4.78 is 2.86. The second-order valence-electron chi connectivity index (χ2n) is 1.55. The monoisotopic (exact) mass is 179 g/mol. The summed E-state index contributed by atoms with van der Waals surface area (Å²) in [6.07, 6.45) is 1.95. The molecular weight excluding hydrogens is 174 g/mol. The molecule has 0 aliphatic heterocycles. The molecule has 1 nitrogen and oxygen atoms in total. The fourth-order valence-corrected chi connectivity index (χ4v) is 1.66. The molecule has 0 unspecified atom stereocenters. The highest BCUT2D eigenvalue weighted by molar-refractivity contribution is 7.73. The van der Waals surface area contributed by atoms with Gasteiger partial charge >= 0.3 is 0 Å². The maximum Gasteiger partial charge on any atom is 0.161 e. The molecule has 1 aromatic rings. The van der Waals surface area contributed by atoms with Crippen LogP contribution >= 0.6 is 35.2 Å². The molecule has 0 saturated heterocycles. The van der Waals surface area contributed by atoms with Crippen LogP contribution in [0.4, 0.5) is 0 Å². The van der Waals surface area contributed by atoms with Gasteiger partial charge in [0.1, 0.15) is 0 Å². The topological polar surface area (TPSA) is 4.93 Å². The molecule has 0 atom stereocenters. The van der Waals surface area contributed by atoms with Gasteiger partial charge in [-0.1, -0.05) is 0 Å². The molecule has 0 aliphatic rings. The van der Waals surface area contributed by atoms with Crippen molar-refractivity contribution in [3.63, 3.8) is 0 Å². The number of hydrogen-bond donors (Lipinski definition) is 0. The summed E-state index contributed by atoms with van der Waals surface area (Å²) in [7, 11) is 0. The molecule has 0 saturated carbocycles. The zero-order chi connectivity index (χ0) is 6.69. The van der Waals surface area contributed by atoms with Crippen LogP contribution in [0.3, 0.4) is 0 Å². The number of halogens is 1. The van der Waals surface area contributed by atoms with Crippen LogP contribution in [0.1, 0.15) is 0 Å². The van der Waals surface area contributed by atoms with Gasteiger partial charge in [0.25, 0.3) is 0 Å². The van der Waals surface area contributed by atoms with Crippen LogP contribution in [0, 0.1) is 3.95 Å². The third-order valence-electron chi connectivity index (χ3n) is 0.970. The summed E-state index contributed by atoms with van der Waals surface area (Å²) in [6.45, 7) is 0.823. The van der Waals surface area contributed by atoms with E-state index in [1.54, 1.807) is 11.3 Å². The summed E-state index contributed by atoms with van der Waals surface area (Å²) in [5.41, 5.74) is 0. The Bertz CT molecular complexity index is 227. The number of aryl methyl sites for hydroxylation is 1. The van der Waals surface area contributed by atoms with Crippen LogP contribution in [-0.4, -0.2) is 10.4 Å². The van der Waals surface area contributed by atoms with Gasteiger partial charge in [-0.05, 0) is 12.2 Å². The fourth-order valence-electron chi connectivity index (χ4n) is 0.548. The summed E-state index contributed by atoms with van der Waals surface area (Å²) in [5, 5.41) is 1.97. The minimum absolute atomic E-state index is 0.630. The number of alkyl halides is 1. The molecule has 4 heteroatoms. The first-order chi connectivity index (χ1) is 4.34. The van der Waals surface area contributed by atoms with Crippen molar-refractivity contribution in [2.45, 2.75) is 6.54 Å². The summed E-state index contributed by atoms with van der Waals surface area (Å²) in [6, 6.07) is 0. The van der Waals surface area contributed by atoms with Crippen LogP contribution in [0.15, 0.2) is 11.6 Å². The standard InChI is InChI=1S/C5H6ClNS2/c6-1-2-7-3-4-9-5(7)8/h3-4H,1-2H2. The number of thiazole rings is 1. The summed E-state index contributed by atoms with van der Waals surface area (Å²) in [5.74, 6) is 0.630. The highest BCUT2D eigenvalue weighted by atomic mass is 35.5. The Morgan fingerprint density at radius 2 is 2.56 bits per heavy atom. The van der Waals surface area contributed by atoms with E-state index in [4.69, 9.17) is 23.8 Å². The van der Waals surface area contributed by atoms with E-state index in [0.29, 0.717) is 5.88 Å². The van der Waals surface area contributed by atoms with E-state index in [0.717, 1.165) is 10.5 Å². The molecule has 1 aromatic heterocycles. The lowest BCUT2D eigenvalue weighted by Gasteiger charge is -1.93. The molecule has 1 rings (SSSR count). The molecule has 0 spiro atoms. The van der Waals surface area contributed by atoms with Gasteiger partial charge in [0.15, 0.2) is 3.95 Å². The van der Waals surface area contributed by atoms with Gasteiger partial charge in [-0.25, -0.2) is 0 Å².